The van der Waals surface area contributed by atoms with Gasteiger partial charge in [0, 0.05) is 17.9 Å². The van der Waals surface area contributed by atoms with Gasteiger partial charge in [-0.15, -0.1) is 0 Å². The van der Waals surface area contributed by atoms with Gasteiger partial charge in [0.2, 0.25) is 0 Å². The molecule has 4 heteroatoms. The average molecular weight is 348 g/mol. The van der Waals surface area contributed by atoms with Crippen molar-refractivity contribution in [2.24, 2.45) is 5.92 Å². The largest absolute Gasteiger partial charge is 0.496 e. The molecule has 134 valence electrons. The molecule has 1 saturated carbocycles. The summed E-state index contributed by atoms with van der Waals surface area (Å²) in [6.45, 7) is 0.562. The third-order valence-corrected chi connectivity index (χ3v) is 5.45. The summed E-state index contributed by atoms with van der Waals surface area (Å²) in [5.74, 6) is 0.573. The maximum atomic E-state index is 12.7. The highest BCUT2D eigenvalue weighted by Gasteiger charge is 2.37. The third-order valence-electron chi connectivity index (χ3n) is 5.45. The molecule has 0 spiro atoms. The first-order valence-corrected chi connectivity index (χ1v) is 9.05. The molecule has 26 heavy (non-hydrogen) atoms. The lowest BCUT2D eigenvalue weighted by Crippen LogP contribution is -2.43. The molecule has 3 rings (SSSR count). The van der Waals surface area contributed by atoms with Gasteiger partial charge in [0.25, 0.3) is 5.91 Å². The normalized spacial score (nSPS) is 22.2. The number of benzene rings is 2. The van der Waals surface area contributed by atoms with Gasteiger partial charge in [-0.05, 0) is 43.4 Å². The van der Waals surface area contributed by atoms with E-state index < -0.39 is 0 Å². The quantitative estimate of drug-likeness (QED) is 0.886. The summed E-state index contributed by atoms with van der Waals surface area (Å²) in [6, 6.07) is 20.0. The zero-order chi connectivity index (χ0) is 18.4. The topological polar surface area (TPSA) is 62.1 Å². The van der Waals surface area contributed by atoms with E-state index >= 15 is 0 Å². The Morgan fingerprint density at radius 1 is 1.15 bits per heavy atom. The van der Waals surface area contributed by atoms with Crippen LogP contribution < -0.4 is 10.1 Å². The van der Waals surface area contributed by atoms with E-state index in [9.17, 15) is 10.1 Å². The lowest BCUT2D eigenvalue weighted by molar-refractivity contribution is 0.0931. The first-order chi connectivity index (χ1) is 12.7. The summed E-state index contributed by atoms with van der Waals surface area (Å²) in [5, 5.41) is 12.3. The number of hydrogen-bond acceptors (Lipinski definition) is 3. The fraction of sp³-hybridized carbons (Fsp3) is 0.364. The highest BCUT2D eigenvalue weighted by atomic mass is 16.5. The van der Waals surface area contributed by atoms with Gasteiger partial charge < -0.3 is 10.1 Å². The highest BCUT2D eigenvalue weighted by molar-refractivity contribution is 5.96. The molecule has 1 amide bonds. The molecule has 1 fully saturated rings. The van der Waals surface area contributed by atoms with Gasteiger partial charge in [-0.1, -0.05) is 42.5 Å². The second kappa shape index (κ2) is 8.05. The van der Waals surface area contributed by atoms with Crippen LogP contribution in [0.5, 0.6) is 5.75 Å². The number of nitrogens with one attached hydrogen (secondary N) is 1. The molecular formula is C22H24N2O2. The fourth-order valence-electron chi connectivity index (χ4n) is 3.84. The van der Waals surface area contributed by atoms with Gasteiger partial charge in [-0.2, -0.15) is 5.26 Å². The zero-order valence-electron chi connectivity index (χ0n) is 15.1. The maximum absolute atomic E-state index is 12.7. The van der Waals surface area contributed by atoms with Crippen LogP contribution in [0.25, 0.3) is 0 Å². The number of rotatable bonds is 5. The zero-order valence-corrected chi connectivity index (χ0v) is 15.1. The minimum atomic E-state index is -0.125. The van der Waals surface area contributed by atoms with E-state index in [1.54, 1.807) is 19.2 Å². The van der Waals surface area contributed by atoms with Gasteiger partial charge in [-0.3, -0.25) is 4.79 Å². The van der Waals surface area contributed by atoms with Crippen LogP contribution in [0.1, 0.15) is 41.6 Å². The summed E-state index contributed by atoms with van der Waals surface area (Å²) in [4.78, 5) is 12.7. The fourth-order valence-corrected chi connectivity index (χ4v) is 3.84. The van der Waals surface area contributed by atoms with Crippen molar-refractivity contribution in [1.82, 2.24) is 5.32 Å². The Balaban J connectivity index is 1.79. The number of nitriles is 1. The van der Waals surface area contributed by atoms with Gasteiger partial charge in [0.1, 0.15) is 5.75 Å². The van der Waals surface area contributed by atoms with E-state index in [0.717, 1.165) is 25.7 Å². The molecule has 4 nitrogen and oxygen atoms in total. The van der Waals surface area contributed by atoms with Crippen molar-refractivity contribution in [3.05, 3.63) is 65.7 Å². The Morgan fingerprint density at radius 3 is 2.46 bits per heavy atom. The van der Waals surface area contributed by atoms with E-state index in [4.69, 9.17) is 4.74 Å². The van der Waals surface area contributed by atoms with Crippen molar-refractivity contribution in [3.63, 3.8) is 0 Å². The highest BCUT2D eigenvalue weighted by Crippen LogP contribution is 2.41. The second-order valence-electron chi connectivity index (χ2n) is 6.93. The average Bonchev–Trinajstić information content (AvgIpc) is 2.73. The van der Waals surface area contributed by atoms with Crippen molar-refractivity contribution in [3.8, 4) is 11.8 Å². The van der Waals surface area contributed by atoms with Crippen molar-refractivity contribution in [1.29, 1.82) is 5.26 Å². The first kappa shape index (κ1) is 18.0. The molecule has 0 bridgehead atoms. The minimum absolute atomic E-state index is 0.119. The van der Waals surface area contributed by atoms with Gasteiger partial charge in [0.15, 0.2) is 0 Å². The number of hydrogen-bond donors (Lipinski definition) is 1. The molecule has 0 heterocycles. The number of methoxy groups -OCH3 is 1. The number of carbonyl (C=O) groups excluding carboxylic acids is 1. The Kier molecular flexibility index (Phi) is 5.58. The molecule has 0 saturated heterocycles. The molecule has 2 aromatic carbocycles. The molecule has 0 unspecified atom stereocenters. The molecule has 2 aromatic rings. The summed E-state index contributed by atoms with van der Waals surface area (Å²) in [6.07, 6.45) is 3.55. The Labute approximate surface area is 154 Å². The van der Waals surface area contributed by atoms with Crippen molar-refractivity contribution in [2.75, 3.05) is 13.7 Å². The number of amides is 1. The summed E-state index contributed by atoms with van der Waals surface area (Å²) in [5.41, 5.74) is 1.66. The van der Waals surface area contributed by atoms with Crippen LogP contribution in [0.2, 0.25) is 0 Å². The van der Waals surface area contributed by atoms with Gasteiger partial charge in [-0.25, -0.2) is 0 Å². The van der Waals surface area contributed by atoms with Crippen LogP contribution in [0, 0.1) is 17.2 Å². The smallest absolute Gasteiger partial charge is 0.255 e. The lowest BCUT2D eigenvalue weighted by atomic mass is 9.67. The van der Waals surface area contributed by atoms with Crippen LogP contribution in [0.4, 0.5) is 0 Å². The third kappa shape index (κ3) is 3.72. The van der Waals surface area contributed by atoms with Crippen LogP contribution in [0.3, 0.4) is 0 Å². The number of carbonyl (C=O) groups is 1. The van der Waals surface area contributed by atoms with E-state index in [1.807, 2.05) is 30.3 Å². The predicted molar refractivity (Wildman–Crippen MR) is 101 cm³/mol. The Bertz CT molecular complexity index is 787. The van der Waals surface area contributed by atoms with Crippen LogP contribution in [-0.4, -0.2) is 19.6 Å². The van der Waals surface area contributed by atoms with Crippen molar-refractivity contribution >= 4 is 5.91 Å². The van der Waals surface area contributed by atoms with E-state index in [1.165, 1.54) is 5.56 Å². The summed E-state index contributed by atoms with van der Waals surface area (Å²) >= 11 is 0. The van der Waals surface area contributed by atoms with Crippen LogP contribution >= 0.6 is 0 Å². The Hall–Kier alpha value is -2.80. The van der Waals surface area contributed by atoms with Crippen LogP contribution in [-0.2, 0) is 5.41 Å². The molecule has 1 N–H and O–H groups in total. The van der Waals surface area contributed by atoms with Gasteiger partial charge in [0.05, 0.1) is 18.7 Å². The lowest BCUT2D eigenvalue weighted by Gasteiger charge is -2.39. The standard InChI is InChI=1S/C22H24N2O2/c1-26-20-10-6-5-9-19(20)21(25)24-16-22(18-7-3-2-4-8-18)13-11-17(15-23)12-14-22/h2-10,17H,11-14,16H2,1H3,(H,24,25). The summed E-state index contributed by atoms with van der Waals surface area (Å²) < 4.78 is 5.30. The molecule has 0 atom stereocenters. The van der Waals surface area contributed by atoms with E-state index in [-0.39, 0.29) is 17.2 Å². The maximum Gasteiger partial charge on any atom is 0.255 e. The molecule has 0 aliphatic heterocycles. The second-order valence-corrected chi connectivity index (χ2v) is 6.93. The number of nitrogens with zero attached hydrogens (tertiary/aromatic N) is 1. The monoisotopic (exact) mass is 348 g/mol. The number of ether oxygens (including phenoxy) is 1. The Morgan fingerprint density at radius 2 is 1.81 bits per heavy atom. The SMILES string of the molecule is COc1ccccc1C(=O)NCC1(c2ccccc2)CCC(C#N)CC1. The molecule has 0 aromatic heterocycles. The molecule has 1 aliphatic rings. The van der Waals surface area contributed by atoms with Gasteiger partial charge >= 0.3 is 0 Å². The summed E-state index contributed by atoms with van der Waals surface area (Å²) in [7, 11) is 1.57. The van der Waals surface area contributed by atoms with Crippen molar-refractivity contribution in [2.45, 2.75) is 31.1 Å². The van der Waals surface area contributed by atoms with Crippen molar-refractivity contribution < 1.29 is 9.53 Å². The van der Waals surface area contributed by atoms with E-state index in [0.29, 0.717) is 17.9 Å². The molecule has 0 radical (unpaired) electrons. The molecule has 1 aliphatic carbocycles. The van der Waals surface area contributed by atoms with Crippen LogP contribution in [0.15, 0.2) is 54.6 Å². The first-order valence-electron chi connectivity index (χ1n) is 9.05. The molecular weight excluding hydrogens is 324 g/mol. The predicted octanol–water partition coefficient (Wildman–Crippen LogP) is 4.08. The number of para-hydroxylation sites is 1. The van der Waals surface area contributed by atoms with E-state index in [2.05, 4.69) is 23.5 Å². The minimum Gasteiger partial charge on any atom is -0.496 e.